The Hall–Kier alpha value is -1.23. The molecule has 0 fully saturated rings. The molecule has 0 radical (unpaired) electrons. The Morgan fingerprint density at radius 3 is 2.48 bits per heavy atom. The molecular weight excluding hydrogens is 327 g/mol. The van der Waals surface area contributed by atoms with E-state index in [1.165, 1.54) is 6.20 Å². The van der Waals surface area contributed by atoms with Gasteiger partial charge in [-0.25, -0.2) is 4.98 Å². The number of rotatable bonds is 5. The lowest BCUT2D eigenvalue weighted by Gasteiger charge is -2.11. The average Bonchev–Trinajstić information content (AvgIpc) is 2.48. The number of nitrogens with zero attached hydrogens (tertiary/aromatic N) is 1. The number of halogens is 2. The maximum absolute atomic E-state index is 12.0. The number of pyridine rings is 1. The standard InChI is InChI=1S/C15H14Cl2N2OS/c1-10(21-9-11-2-4-12(16)5-3-11)15(20)19-14-7-6-13(17)8-18-14/h2-8,10H,9H2,1H3,(H,18,19,20)/t10-/m0/s1. The van der Waals surface area contributed by atoms with Gasteiger partial charge in [-0.2, -0.15) is 0 Å². The number of thioether (sulfide) groups is 1. The van der Waals surface area contributed by atoms with Crippen molar-refractivity contribution in [3.05, 3.63) is 58.2 Å². The van der Waals surface area contributed by atoms with Crippen molar-refractivity contribution < 1.29 is 4.79 Å². The lowest BCUT2D eigenvalue weighted by Crippen LogP contribution is -2.23. The van der Waals surface area contributed by atoms with Crippen molar-refractivity contribution in [3.8, 4) is 0 Å². The summed E-state index contributed by atoms with van der Waals surface area (Å²) in [4.78, 5) is 16.1. The van der Waals surface area contributed by atoms with Gasteiger partial charge in [0.2, 0.25) is 5.91 Å². The highest BCUT2D eigenvalue weighted by molar-refractivity contribution is 7.99. The minimum absolute atomic E-state index is 0.0798. The number of anilines is 1. The third kappa shape index (κ3) is 5.23. The smallest absolute Gasteiger partial charge is 0.238 e. The molecule has 0 bridgehead atoms. The lowest BCUT2D eigenvalue weighted by atomic mass is 10.2. The zero-order chi connectivity index (χ0) is 15.2. The zero-order valence-corrected chi connectivity index (χ0v) is 13.7. The van der Waals surface area contributed by atoms with Crippen LogP contribution in [0, 0.1) is 0 Å². The topological polar surface area (TPSA) is 42.0 Å². The first-order valence-electron chi connectivity index (χ1n) is 6.33. The number of benzene rings is 1. The lowest BCUT2D eigenvalue weighted by molar-refractivity contribution is -0.115. The number of aromatic nitrogens is 1. The van der Waals surface area contributed by atoms with Gasteiger partial charge in [-0.1, -0.05) is 35.3 Å². The number of nitrogens with one attached hydrogen (secondary N) is 1. The summed E-state index contributed by atoms with van der Waals surface area (Å²) >= 11 is 13.1. The molecular formula is C15H14Cl2N2OS. The van der Waals surface area contributed by atoms with Gasteiger partial charge in [0.15, 0.2) is 0 Å². The van der Waals surface area contributed by atoms with Crippen molar-refractivity contribution in [3.63, 3.8) is 0 Å². The highest BCUT2D eigenvalue weighted by atomic mass is 35.5. The van der Waals surface area contributed by atoms with Gasteiger partial charge in [0, 0.05) is 17.0 Å². The monoisotopic (exact) mass is 340 g/mol. The van der Waals surface area contributed by atoms with Crippen LogP contribution in [-0.4, -0.2) is 16.1 Å². The highest BCUT2D eigenvalue weighted by Gasteiger charge is 2.14. The Labute approximate surface area is 138 Å². The molecule has 1 N–H and O–H groups in total. The van der Waals surface area contributed by atoms with E-state index in [0.717, 1.165) is 11.3 Å². The summed E-state index contributed by atoms with van der Waals surface area (Å²) < 4.78 is 0. The largest absolute Gasteiger partial charge is 0.310 e. The fourth-order valence-corrected chi connectivity index (χ4v) is 2.64. The quantitative estimate of drug-likeness (QED) is 0.861. The molecule has 1 amide bonds. The molecule has 3 nitrogen and oxygen atoms in total. The summed E-state index contributed by atoms with van der Waals surface area (Å²) in [6.45, 7) is 1.87. The molecule has 21 heavy (non-hydrogen) atoms. The Bertz CT molecular complexity index is 602. The second-order valence-corrected chi connectivity index (χ2v) is 6.63. The van der Waals surface area contributed by atoms with E-state index in [9.17, 15) is 4.79 Å². The highest BCUT2D eigenvalue weighted by Crippen LogP contribution is 2.20. The first-order valence-corrected chi connectivity index (χ1v) is 8.13. The van der Waals surface area contributed by atoms with Crippen molar-refractivity contribution in [1.29, 1.82) is 0 Å². The molecule has 0 aliphatic carbocycles. The number of amides is 1. The second-order valence-electron chi connectivity index (χ2n) is 4.43. The van der Waals surface area contributed by atoms with Crippen molar-refractivity contribution in [2.75, 3.05) is 5.32 Å². The number of carbonyl (C=O) groups excluding carboxylic acids is 1. The molecule has 0 saturated heterocycles. The maximum atomic E-state index is 12.0. The van der Waals surface area contributed by atoms with E-state index in [-0.39, 0.29) is 11.2 Å². The predicted octanol–water partition coefficient (Wildman–Crippen LogP) is 4.65. The predicted molar refractivity (Wildman–Crippen MR) is 90.1 cm³/mol. The van der Waals surface area contributed by atoms with Crippen LogP contribution in [0.2, 0.25) is 10.0 Å². The van der Waals surface area contributed by atoms with Gasteiger partial charge in [0.05, 0.1) is 10.3 Å². The van der Waals surface area contributed by atoms with Gasteiger partial charge in [-0.15, -0.1) is 11.8 Å². The summed E-state index contributed by atoms with van der Waals surface area (Å²) in [5.74, 6) is 1.17. The van der Waals surface area contributed by atoms with Crippen LogP contribution < -0.4 is 5.32 Å². The molecule has 6 heteroatoms. The molecule has 0 aliphatic heterocycles. The molecule has 0 spiro atoms. The molecule has 2 aromatic rings. The fraction of sp³-hybridized carbons (Fsp3) is 0.200. The van der Waals surface area contributed by atoms with E-state index in [4.69, 9.17) is 23.2 Å². The van der Waals surface area contributed by atoms with E-state index in [1.54, 1.807) is 23.9 Å². The van der Waals surface area contributed by atoms with E-state index in [1.807, 2.05) is 31.2 Å². The third-order valence-electron chi connectivity index (χ3n) is 2.76. The first-order chi connectivity index (χ1) is 10.0. The Morgan fingerprint density at radius 1 is 1.19 bits per heavy atom. The minimum Gasteiger partial charge on any atom is -0.310 e. The normalized spacial score (nSPS) is 12.0. The molecule has 0 saturated carbocycles. The van der Waals surface area contributed by atoms with E-state index in [2.05, 4.69) is 10.3 Å². The van der Waals surface area contributed by atoms with Crippen LogP contribution in [0.15, 0.2) is 42.6 Å². The average molecular weight is 341 g/mol. The number of carbonyl (C=O) groups is 1. The summed E-state index contributed by atoms with van der Waals surface area (Å²) in [6, 6.07) is 11.0. The van der Waals surface area contributed by atoms with Crippen molar-refractivity contribution in [2.45, 2.75) is 17.9 Å². The van der Waals surface area contributed by atoms with Gasteiger partial charge < -0.3 is 5.32 Å². The first kappa shape index (κ1) is 16.1. The summed E-state index contributed by atoms with van der Waals surface area (Å²) in [5.41, 5.74) is 1.13. The Morgan fingerprint density at radius 2 is 1.86 bits per heavy atom. The molecule has 1 atom stereocenters. The van der Waals surface area contributed by atoms with Crippen molar-refractivity contribution >= 4 is 46.7 Å². The van der Waals surface area contributed by atoms with Crippen LogP contribution in [0.1, 0.15) is 12.5 Å². The van der Waals surface area contributed by atoms with Crippen LogP contribution in [0.3, 0.4) is 0 Å². The number of hydrogen-bond donors (Lipinski definition) is 1. The summed E-state index contributed by atoms with van der Waals surface area (Å²) in [6.07, 6.45) is 1.50. The molecule has 0 aliphatic rings. The molecule has 1 aromatic carbocycles. The van der Waals surface area contributed by atoms with E-state index in [0.29, 0.717) is 15.9 Å². The van der Waals surface area contributed by atoms with Crippen molar-refractivity contribution in [1.82, 2.24) is 4.98 Å². The fourth-order valence-electron chi connectivity index (χ4n) is 1.56. The summed E-state index contributed by atoms with van der Waals surface area (Å²) in [5, 5.41) is 3.83. The minimum atomic E-state index is -0.182. The van der Waals surface area contributed by atoms with Crippen LogP contribution in [0.25, 0.3) is 0 Å². The zero-order valence-electron chi connectivity index (χ0n) is 11.3. The molecule has 1 heterocycles. The maximum Gasteiger partial charge on any atom is 0.238 e. The Balaban J connectivity index is 1.84. The van der Waals surface area contributed by atoms with Gasteiger partial charge >= 0.3 is 0 Å². The molecule has 1 aromatic heterocycles. The Kier molecular flexibility index (Phi) is 5.91. The molecule has 2 rings (SSSR count). The second kappa shape index (κ2) is 7.69. The van der Waals surface area contributed by atoms with E-state index < -0.39 is 0 Å². The van der Waals surface area contributed by atoms with Gasteiger partial charge in [-0.3, -0.25) is 4.79 Å². The van der Waals surface area contributed by atoms with Gasteiger partial charge in [0.1, 0.15) is 5.82 Å². The third-order valence-corrected chi connectivity index (χ3v) is 4.45. The molecule has 0 unspecified atom stereocenters. The van der Waals surface area contributed by atoms with E-state index >= 15 is 0 Å². The molecule has 110 valence electrons. The van der Waals surface area contributed by atoms with Crippen LogP contribution >= 0.6 is 35.0 Å². The summed E-state index contributed by atoms with van der Waals surface area (Å²) in [7, 11) is 0. The SMILES string of the molecule is C[C@H](SCc1ccc(Cl)cc1)C(=O)Nc1ccc(Cl)cn1. The van der Waals surface area contributed by atoms with Gasteiger partial charge in [0.25, 0.3) is 0 Å². The van der Waals surface area contributed by atoms with Crippen LogP contribution in [0.5, 0.6) is 0 Å². The van der Waals surface area contributed by atoms with Crippen molar-refractivity contribution in [2.24, 2.45) is 0 Å². The van der Waals surface area contributed by atoms with Crippen LogP contribution in [-0.2, 0) is 10.5 Å². The number of hydrogen-bond acceptors (Lipinski definition) is 3. The van der Waals surface area contributed by atoms with Crippen LogP contribution in [0.4, 0.5) is 5.82 Å². The van der Waals surface area contributed by atoms with Gasteiger partial charge in [-0.05, 0) is 36.8 Å².